The van der Waals surface area contributed by atoms with Crippen molar-refractivity contribution < 1.29 is 18.6 Å². The summed E-state index contributed by atoms with van der Waals surface area (Å²) in [6, 6.07) is 17.6. The molecule has 7 nitrogen and oxygen atoms in total. The van der Waals surface area contributed by atoms with Gasteiger partial charge in [-0.2, -0.15) is 0 Å². The van der Waals surface area contributed by atoms with Crippen molar-refractivity contribution in [3.8, 4) is 5.75 Å². The van der Waals surface area contributed by atoms with E-state index in [9.17, 15) is 9.36 Å². The molecule has 3 heterocycles. The number of allylic oxidation sites excluding steroid dienone is 1. The van der Waals surface area contributed by atoms with Crippen LogP contribution < -0.4 is 4.52 Å². The van der Waals surface area contributed by atoms with Crippen LogP contribution in [0, 0.1) is 20.8 Å². The molecule has 0 unspecified atom stereocenters. The van der Waals surface area contributed by atoms with Crippen LogP contribution in [0.15, 0.2) is 77.1 Å². The highest BCUT2D eigenvalue weighted by molar-refractivity contribution is 7.57. The van der Waals surface area contributed by atoms with Crippen LogP contribution in [0.5, 0.6) is 5.75 Å². The second kappa shape index (κ2) is 11.0. The first kappa shape index (κ1) is 29.4. The van der Waals surface area contributed by atoms with Crippen LogP contribution in [-0.4, -0.2) is 41.6 Å². The number of benzene rings is 2. The summed E-state index contributed by atoms with van der Waals surface area (Å²) in [5.74, 6) is 1.10. The Morgan fingerprint density at radius 2 is 1.79 bits per heavy atom. The summed E-state index contributed by atoms with van der Waals surface area (Å²) in [6.07, 6.45) is 4.05. The molecule has 218 valence electrons. The number of aromatic nitrogens is 2. The number of para-hydroxylation sites is 1. The first-order valence-corrected chi connectivity index (χ1v) is 16.5. The minimum absolute atomic E-state index is 0.0788. The van der Waals surface area contributed by atoms with Crippen molar-refractivity contribution in [2.45, 2.75) is 46.5 Å². The molecule has 42 heavy (non-hydrogen) atoms. The molecule has 2 aromatic heterocycles. The summed E-state index contributed by atoms with van der Waals surface area (Å²) in [7, 11) is -1.19. The maximum atomic E-state index is 14.3. The lowest BCUT2D eigenvalue weighted by atomic mass is 9.78. The van der Waals surface area contributed by atoms with Crippen molar-refractivity contribution in [3.63, 3.8) is 0 Å². The normalized spacial score (nSPS) is 14.8. The van der Waals surface area contributed by atoms with Crippen LogP contribution >= 0.6 is 7.37 Å². The Hall–Kier alpha value is -4.09. The lowest BCUT2D eigenvalue weighted by Crippen LogP contribution is -2.28. The number of aliphatic imine (C=N–C) groups is 1. The van der Waals surface area contributed by atoms with E-state index in [1.807, 2.05) is 88.4 Å². The smallest absolute Gasteiger partial charge is 0.242 e. The largest absolute Gasteiger partial charge is 0.494 e. The molecular formula is C34H38N3O4P. The van der Waals surface area contributed by atoms with E-state index in [0.29, 0.717) is 28.6 Å². The molecule has 1 N–H and O–H groups in total. The van der Waals surface area contributed by atoms with E-state index < -0.39 is 12.8 Å². The van der Waals surface area contributed by atoms with Crippen LogP contribution in [0.3, 0.4) is 0 Å². The Labute approximate surface area is 247 Å². The van der Waals surface area contributed by atoms with Gasteiger partial charge in [-0.05, 0) is 62.2 Å². The van der Waals surface area contributed by atoms with Crippen molar-refractivity contribution >= 4 is 36.0 Å². The summed E-state index contributed by atoms with van der Waals surface area (Å²) < 4.78 is 26.0. The molecule has 4 aromatic rings. The number of aromatic amines is 1. The van der Waals surface area contributed by atoms with E-state index in [2.05, 4.69) is 18.0 Å². The van der Waals surface area contributed by atoms with Crippen LogP contribution in [0.1, 0.15) is 58.8 Å². The molecule has 0 fully saturated rings. The minimum Gasteiger partial charge on any atom is -0.494 e. The van der Waals surface area contributed by atoms with Gasteiger partial charge >= 0.3 is 0 Å². The molecule has 0 saturated carbocycles. The molecule has 1 aliphatic rings. The number of hydrogen-bond donors (Lipinski definition) is 1. The Balaban J connectivity index is 1.59. The van der Waals surface area contributed by atoms with Crippen LogP contribution in [0.4, 0.5) is 0 Å². The topological polar surface area (TPSA) is 85.7 Å². The summed E-state index contributed by atoms with van der Waals surface area (Å²) >= 11 is 0. The number of aryl methyl sites for hydroxylation is 3. The molecule has 0 radical (unpaired) electrons. The highest BCUT2D eigenvalue weighted by Gasteiger charge is 2.33. The lowest BCUT2D eigenvalue weighted by Gasteiger charge is -2.29. The Morgan fingerprint density at radius 3 is 2.45 bits per heavy atom. The molecule has 0 saturated heterocycles. The first-order valence-electron chi connectivity index (χ1n) is 14.0. The zero-order chi connectivity index (χ0) is 30.4. The van der Waals surface area contributed by atoms with Gasteiger partial charge in [0, 0.05) is 53.6 Å². The molecule has 0 atom stereocenters. The molecule has 0 aliphatic carbocycles. The van der Waals surface area contributed by atoms with Gasteiger partial charge in [0.05, 0.1) is 24.0 Å². The van der Waals surface area contributed by atoms with Crippen molar-refractivity contribution in [1.82, 2.24) is 9.55 Å². The van der Waals surface area contributed by atoms with E-state index in [1.165, 1.54) is 0 Å². The number of H-pyrrole nitrogens is 1. The van der Waals surface area contributed by atoms with E-state index >= 15 is 0 Å². The summed E-state index contributed by atoms with van der Waals surface area (Å²) in [5, 5.41) is 0.944. The molecule has 5 rings (SSSR count). The molecule has 0 amide bonds. The van der Waals surface area contributed by atoms with Gasteiger partial charge in [0.25, 0.3) is 0 Å². The Bertz CT molecular complexity index is 1850. The van der Waals surface area contributed by atoms with E-state index in [4.69, 9.17) is 14.3 Å². The first-order chi connectivity index (χ1) is 19.8. The van der Waals surface area contributed by atoms with E-state index in [0.717, 1.165) is 39.0 Å². The average molecular weight is 584 g/mol. The van der Waals surface area contributed by atoms with Crippen LogP contribution in [0.2, 0.25) is 0 Å². The second-order valence-electron chi connectivity index (χ2n) is 12.0. The number of nitrogens with one attached hydrogen (secondary N) is 1. The third kappa shape index (κ3) is 5.79. The zero-order valence-corrected chi connectivity index (χ0v) is 26.4. The van der Waals surface area contributed by atoms with Crippen molar-refractivity contribution in [3.05, 3.63) is 106 Å². The van der Waals surface area contributed by atoms with Gasteiger partial charge in [0.15, 0.2) is 0 Å². The van der Waals surface area contributed by atoms with Gasteiger partial charge in [-0.1, -0.05) is 44.2 Å². The number of rotatable bonds is 8. The minimum atomic E-state index is -2.82. The maximum Gasteiger partial charge on any atom is 0.242 e. The lowest BCUT2D eigenvalue weighted by molar-refractivity contribution is 0.0881. The summed E-state index contributed by atoms with van der Waals surface area (Å²) in [6.45, 7) is 13.3. The maximum absolute atomic E-state index is 14.3. The monoisotopic (exact) mass is 583 g/mol. The quantitative estimate of drug-likeness (QED) is 0.212. The summed E-state index contributed by atoms with van der Waals surface area (Å²) in [5.41, 5.74) is 7.24. The Morgan fingerprint density at radius 1 is 1.05 bits per heavy atom. The van der Waals surface area contributed by atoms with Gasteiger partial charge in [0.2, 0.25) is 13.3 Å². The fourth-order valence-electron chi connectivity index (χ4n) is 5.83. The predicted octanol–water partition coefficient (Wildman–Crippen LogP) is 8.19. The second-order valence-corrected chi connectivity index (χ2v) is 14.6. The number of carbonyl (C=O) groups is 1. The van der Waals surface area contributed by atoms with Crippen LogP contribution in [-0.2, 0) is 14.7 Å². The number of methoxy groups -OCH3 is 1. The fraction of sp³-hybridized carbons (Fsp3) is 0.294. The van der Waals surface area contributed by atoms with Crippen LogP contribution in [0.25, 0.3) is 17.0 Å². The molecular weight excluding hydrogens is 545 g/mol. The van der Waals surface area contributed by atoms with Gasteiger partial charge in [-0.15, -0.1) is 0 Å². The standard InChI is InChI=1S/C34H38N3O4P/c1-21-12-11-15-30(41-42(7,8)39)33(21)34(4,5)20-32(38)37-28-14-10-9-13-24(28)17-29(37)26-19-31(40-6)27(36-26)18-25-22(2)16-23(3)35-25/h9-19,35H,20H2,1-8H3/b27-18+. The zero-order valence-electron chi connectivity index (χ0n) is 25.5. The van der Waals surface area contributed by atoms with Gasteiger partial charge in [0.1, 0.15) is 17.2 Å². The molecule has 0 spiro atoms. The van der Waals surface area contributed by atoms with Crippen molar-refractivity contribution in [2.24, 2.45) is 4.99 Å². The molecule has 8 heteroatoms. The van der Waals surface area contributed by atoms with E-state index in [-0.39, 0.29) is 12.3 Å². The fourth-order valence-corrected chi connectivity index (χ4v) is 6.45. The van der Waals surface area contributed by atoms with Gasteiger partial charge in [-0.3, -0.25) is 13.9 Å². The van der Waals surface area contributed by atoms with Crippen molar-refractivity contribution in [2.75, 3.05) is 20.4 Å². The highest BCUT2D eigenvalue weighted by atomic mass is 31.2. The Kier molecular flexibility index (Phi) is 7.67. The van der Waals surface area contributed by atoms with Crippen molar-refractivity contribution in [1.29, 1.82) is 0 Å². The van der Waals surface area contributed by atoms with E-state index in [1.54, 1.807) is 25.0 Å². The SMILES string of the molecule is COC1=CC(c2cc3ccccc3n2C(=O)CC(C)(C)c2c(C)cccc2OP(C)(C)=O)=N/C1=C/c1[nH]c(C)cc1C. The van der Waals surface area contributed by atoms with Gasteiger partial charge in [-0.25, -0.2) is 4.99 Å². The third-order valence-corrected chi connectivity index (χ3v) is 8.13. The van der Waals surface area contributed by atoms with Gasteiger partial charge < -0.3 is 14.2 Å². The number of carbonyl (C=O) groups excluding carboxylic acids is 1. The molecule has 2 aromatic carbocycles. The average Bonchev–Trinajstić information content (AvgIpc) is 3.56. The number of hydrogen-bond acceptors (Lipinski definition) is 5. The number of fused-ring (bicyclic) bond motifs is 1. The number of ether oxygens (including phenoxy) is 1. The highest BCUT2D eigenvalue weighted by Crippen LogP contribution is 2.45. The summed E-state index contributed by atoms with van der Waals surface area (Å²) in [4.78, 5) is 22.6. The predicted molar refractivity (Wildman–Crippen MR) is 171 cm³/mol. The molecule has 0 bridgehead atoms. The molecule has 1 aliphatic heterocycles. The third-order valence-electron chi connectivity index (χ3n) is 7.50. The number of nitrogens with zero attached hydrogens (tertiary/aromatic N) is 2.